The first-order valence-electron chi connectivity index (χ1n) is 8.78. The number of hydrogen-bond acceptors (Lipinski definition) is 3. The maximum atomic E-state index is 5.38. The number of ether oxygens (including phenoxy) is 1. The van der Waals surface area contributed by atoms with Gasteiger partial charge < -0.3 is 9.72 Å². The predicted octanol–water partition coefficient (Wildman–Crippen LogP) is 3.24. The molecule has 2 aromatic heterocycles. The number of nitrogens with one attached hydrogen (secondary N) is 1. The Bertz CT molecular complexity index is 905. The fourth-order valence-corrected chi connectivity index (χ4v) is 3.57. The lowest BCUT2D eigenvalue weighted by molar-refractivity contribution is 0.303. The van der Waals surface area contributed by atoms with E-state index in [9.17, 15) is 0 Å². The maximum absolute atomic E-state index is 5.38. The molecule has 0 saturated carbocycles. The third kappa shape index (κ3) is 3.20. The number of fused-ring (bicyclic) bond motifs is 1. The van der Waals surface area contributed by atoms with E-state index in [1.54, 1.807) is 7.11 Å². The van der Waals surface area contributed by atoms with Crippen LogP contribution >= 0.6 is 0 Å². The van der Waals surface area contributed by atoms with Crippen molar-refractivity contribution in [2.45, 2.75) is 12.8 Å². The summed E-state index contributed by atoms with van der Waals surface area (Å²) in [7, 11) is 3.72. The Morgan fingerprint density at radius 1 is 1.28 bits per heavy atom. The summed E-state index contributed by atoms with van der Waals surface area (Å²) in [4.78, 5) is 5.88. The molecule has 1 N–H and O–H groups in total. The number of methoxy groups -OCH3 is 1. The molecule has 0 unspecified atom stereocenters. The summed E-state index contributed by atoms with van der Waals surface area (Å²) in [6.45, 7) is 3.18. The molecule has 0 bridgehead atoms. The van der Waals surface area contributed by atoms with E-state index in [4.69, 9.17) is 4.74 Å². The summed E-state index contributed by atoms with van der Waals surface area (Å²) in [5.41, 5.74) is 5.19. The number of hydrogen-bond donors (Lipinski definition) is 1. The molecule has 0 radical (unpaired) electrons. The molecule has 0 amide bonds. The highest BCUT2D eigenvalue weighted by Gasteiger charge is 2.16. The Morgan fingerprint density at radius 3 is 2.92 bits per heavy atom. The lowest BCUT2D eigenvalue weighted by atomic mass is 9.98. The van der Waals surface area contributed by atoms with Gasteiger partial charge in [-0.3, -0.25) is 9.58 Å². The lowest BCUT2D eigenvalue weighted by Gasteiger charge is -2.26. The van der Waals surface area contributed by atoms with E-state index in [0.717, 1.165) is 43.7 Å². The normalized spacial score (nSPS) is 15.5. The summed E-state index contributed by atoms with van der Waals surface area (Å²) < 4.78 is 7.34. The van der Waals surface area contributed by atoms with E-state index < -0.39 is 0 Å². The molecule has 0 atom stereocenters. The summed E-state index contributed by atoms with van der Waals surface area (Å²) in [5.74, 6) is 0.905. The highest BCUT2D eigenvalue weighted by Crippen LogP contribution is 2.31. The molecule has 3 heterocycles. The number of benzene rings is 1. The minimum atomic E-state index is 0.905. The molecular formula is C20H24N4O. The van der Waals surface area contributed by atoms with Crippen LogP contribution in [0.3, 0.4) is 0 Å². The van der Waals surface area contributed by atoms with Crippen LogP contribution in [0.15, 0.2) is 42.7 Å². The highest BCUT2D eigenvalue weighted by molar-refractivity contribution is 5.93. The van der Waals surface area contributed by atoms with Gasteiger partial charge in [0.15, 0.2) is 0 Å². The van der Waals surface area contributed by atoms with Crippen molar-refractivity contribution < 1.29 is 4.74 Å². The molecule has 0 aliphatic carbocycles. The van der Waals surface area contributed by atoms with Crippen molar-refractivity contribution in [3.8, 4) is 5.75 Å². The largest absolute Gasteiger partial charge is 0.497 e. The maximum Gasteiger partial charge on any atom is 0.119 e. The zero-order chi connectivity index (χ0) is 17.2. The first-order chi connectivity index (χ1) is 12.2. The van der Waals surface area contributed by atoms with Crippen LogP contribution in [0.5, 0.6) is 5.75 Å². The molecule has 0 saturated heterocycles. The van der Waals surface area contributed by atoms with Crippen LogP contribution in [0.2, 0.25) is 0 Å². The van der Waals surface area contributed by atoms with Gasteiger partial charge in [-0.05, 0) is 36.3 Å². The third-order valence-corrected chi connectivity index (χ3v) is 5.13. The van der Waals surface area contributed by atoms with E-state index in [1.807, 2.05) is 24.0 Å². The van der Waals surface area contributed by atoms with Crippen LogP contribution in [0.1, 0.15) is 17.7 Å². The average molecular weight is 336 g/mol. The second-order valence-corrected chi connectivity index (χ2v) is 6.59. The van der Waals surface area contributed by atoms with Crippen molar-refractivity contribution in [3.63, 3.8) is 0 Å². The van der Waals surface area contributed by atoms with Gasteiger partial charge in [-0.15, -0.1) is 0 Å². The SMILES string of the molecule is COc1ccc2[nH]cc(C3=CCN(CCc4ccnn4C)CC3)c2c1. The molecule has 5 heteroatoms. The zero-order valence-electron chi connectivity index (χ0n) is 14.8. The van der Waals surface area contributed by atoms with Crippen LogP contribution in [0.4, 0.5) is 0 Å². The van der Waals surface area contributed by atoms with Gasteiger partial charge in [-0.1, -0.05) is 6.08 Å². The Hall–Kier alpha value is -2.53. The number of aromatic amines is 1. The molecular weight excluding hydrogens is 312 g/mol. The van der Waals surface area contributed by atoms with Gasteiger partial charge in [-0.25, -0.2) is 0 Å². The summed E-state index contributed by atoms with van der Waals surface area (Å²) in [6.07, 6.45) is 8.49. The lowest BCUT2D eigenvalue weighted by Crippen LogP contribution is -2.30. The van der Waals surface area contributed by atoms with Gasteiger partial charge in [0.1, 0.15) is 5.75 Å². The van der Waals surface area contributed by atoms with Crippen LogP contribution in [-0.2, 0) is 13.5 Å². The first kappa shape index (κ1) is 16.0. The summed E-state index contributed by atoms with van der Waals surface area (Å²) in [6, 6.07) is 8.31. The molecule has 5 nitrogen and oxygen atoms in total. The molecule has 4 rings (SSSR count). The first-order valence-corrected chi connectivity index (χ1v) is 8.78. The van der Waals surface area contributed by atoms with E-state index in [2.05, 4.69) is 45.5 Å². The minimum absolute atomic E-state index is 0.905. The fourth-order valence-electron chi connectivity index (χ4n) is 3.57. The molecule has 1 aromatic carbocycles. The Labute approximate surface area is 147 Å². The minimum Gasteiger partial charge on any atom is -0.497 e. The van der Waals surface area contributed by atoms with Gasteiger partial charge in [-0.2, -0.15) is 5.10 Å². The number of aryl methyl sites for hydroxylation is 1. The predicted molar refractivity (Wildman–Crippen MR) is 101 cm³/mol. The second kappa shape index (κ2) is 6.76. The topological polar surface area (TPSA) is 46.1 Å². The number of rotatable bonds is 5. The van der Waals surface area contributed by atoms with E-state index in [1.165, 1.54) is 22.2 Å². The van der Waals surface area contributed by atoms with Gasteiger partial charge in [0.25, 0.3) is 0 Å². The molecule has 130 valence electrons. The van der Waals surface area contributed by atoms with Gasteiger partial charge in [0.2, 0.25) is 0 Å². The number of aromatic nitrogens is 3. The monoisotopic (exact) mass is 336 g/mol. The Kier molecular flexibility index (Phi) is 4.32. The van der Waals surface area contributed by atoms with Crippen LogP contribution in [-0.4, -0.2) is 46.4 Å². The zero-order valence-corrected chi connectivity index (χ0v) is 14.8. The van der Waals surface area contributed by atoms with Crippen molar-refractivity contribution in [2.75, 3.05) is 26.7 Å². The van der Waals surface area contributed by atoms with Crippen molar-refractivity contribution in [1.29, 1.82) is 0 Å². The smallest absolute Gasteiger partial charge is 0.119 e. The van der Waals surface area contributed by atoms with Crippen molar-refractivity contribution in [3.05, 3.63) is 54.0 Å². The van der Waals surface area contributed by atoms with Crippen molar-refractivity contribution in [2.24, 2.45) is 7.05 Å². The molecule has 1 aliphatic rings. The van der Waals surface area contributed by atoms with Crippen molar-refractivity contribution >= 4 is 16.5 Å². The molecule has 0 fully saturated rings. The van der Waals surface area contributed by atoms with Crippen LogP contribution in [0.25, 0.3) is 16.5 Å². The second-order valence-electron chi connectivity index (χ2n) is 6.59. The quantitative estimate of drug-likeness (QED) is 0.778. The molecule has 3 aromatic rings. The third-order valence-electron chi connectivity index (χ3n) is 5.13. The molecule has 0 spiro atoms. The van der Waals surface area contributed by atoms with Gasteiger partial charge in [0, 0.05) is 67.7 Å². The summed E-state index contributed by atoms with van der Waals surface area (Å²) in [5, 5.41) is 5.49. The Morgan fingerprint density at radius 2 is 2.20 bits per heavy atom. The van der Waals surface area contributed by atoms with E-state index in [-0.39, 0.29) is 0 Å². The van der Waals surface area contributed by atoms with Crippen LogP contribution < -0.4 is 4.74 Å². The van der Waals surface area contributed by atoms with E-state index >= 15 is 0 Å². The van der Waals surface area contributed by atoms with E-state index in [0.29, 0.717) is 0 Å². The highest BCUT2D eigenvalue weighted by atomic mass is 16.5. The number of H-pyrrole nitrogens is 1. The number of nitrogens with zero attached hydrogens (tertiary/aromatic N) is 3. The van der Waals surface area contributed by atoms with Gasteiger partial charge in [0.05, 0.1) is 7.11 Å². The fraction of sp³-hybridized carbons (Fsp3) is 0.350. The molecule has 1 aliphatic heterocycles. The van der Waals surface area contributed by atoms with Gasteiger partial charge >= 0.3 is 0 Å². The van der Waals surface area contributed by atoms with Crippen LogP contribution in [0, 0.1) is 0 Å². The van der Waals surface area contributed by atoms with Crippen molar-refractivity contribution in [1.82, 2.24) is 19.7 Å². The molecule has 25 heavy (non-hydrogen) atoms. The summed E-state index contributed by atoms with van der Waals surface area (Å²) >= 11 is 0. The Balaban J connectivity index is 1.46. The average Bonchev–Trinajstić information content (AvgIpc) is 3.26. The standard InChI is InChI=1S/C20H24N4O/c1-23-16(5-9-22-23)8-12-24-10-6-15(7-11-24)19-14-21-20-4-3-17(25-2)13-18(19)20/h3-6,9,13-14,21H,7-8,10-12H2,1-2H3.